The van der Waals surface area contributed by atoms with Gasteiger partial charge in [0.05, 0.1) is 24.3 Å². The molecule has 156 valence electrons. The van der Waals surface area contributed by atoms with Crippen molar-refractivity contribution in [1.29, 1.82) is 0 Å². The molecular weight excluding hydrogens is 409 g/mol. The Bertz CT molecular complexity index is 1150. The number of benzene rings is 1. The number of hydrogen-bond donors (Lipinski definition) is 1. The average molecular weight is 430 g/mol. The zero-order chi connectivity index (χ0) is 20.5. The van der Waals surface area contributed by atoms with E-state index in [0.717, 1.165) is 55.5 Å². The van der Waals surface area contributed by atoms with E-state index in [4.69, 9.17) is 16.3 Å². The fourth-order valence-electron chi connectivity index (χ4n) is 5.27. The van der Waals surface area contributed by atoms with Crippen LogP contribution in [0.5, 0.6) is 0 Å². The van der Waals surface area contributed by atoms with Crippen LogP contribution < -0.4 is 4.90 Å². The largest absolute Gasteiger partial charge is 0.394 e. The Balaban J connectivity index is 1.32. The van der Waals surface area contributed by atoms with Gasteiger partial charge in [0.15, 0.2) is 11.9 Å². The topological polar surface area (TPSA) is 76.3 Å². The van der Waals surface area contributed by atoms with Gasteiger partial charge in [-0.05, 0) is 60.5 Å². The van der Waals surface area contributed by atoms with Crippen molar-refractivity contribution < 1.29 is 14.2 Å². The molecule has 3 aliphatic rings. The van der Waals surface area contributed by atoms with Crippen LogP contribution in [-0.2, 0) is 16.6 Å². The summed E-state index contributed by atoms with van der Waals surface area (Å²) in [6.45, 7) is 1.53. The van der Waals surface area contributed by atoms with Crippen LogP contribution in [0.4, 0.5) is 10.2 Å². The molecule has 1 aliphatic carbocycles. The van der Waals surface area contributed by atoms with Gasteiger partial charge in [-0.15, -0.1) is 0 Å². The van der Waals surface area contributed by atoms with Crippen LogP contribution in [0.2, 0.25) is 5.28 Å². The summed E-state index contributed by atoms with van der Waals surface area (Å²) in [5.74, 6) is 0.573. The van der Waals surface area contributed by atoms with Crippen molar-refractivity contribution in [2.24, 2.45) is 0 Å². The number of aryl methyl sites for hydroxylation is 1. The maximum atomic E-state index is 13.9. The summed E-state index contributed by atoms with van der Waals surface area (Å²) in [7, 11) is 0. The second-order valence-corrected chi connectivity index (χ2v) is 8.89. The fraction of sp³-hybridized carbons (Fsp3) is 0.476. The first-order valence-electron chi connectivity index (χ1n) is 10.3. The van der Waals surface area contributed by atoms with Gasteiger partial charge in [-0.1, -0.05) is 6.07 Å². The molecule has 1 spiro atoms. The highest BCUT2D eigenvalue weighted by Gasteiger charge is 2.49. The van der Waals surface area contributed by atoms with Gasteiger partial charge in [0.25, 0.3) is 0 Å². The van der Waals surface area contributed by atoms with Crippen LogP contribution in [0.15, 0.2) is 24.4 Å². The number of aliphatic hydroxyl groups is 1. The van der Waals surface area contributed by atoms with Crippen molar-refractivity contribution in [3.63, 3.8) is 0 Å². The van der Waals surface area contributed by atoms with Crippen LogP contribution in [0, 0.1) is 5.82 Å². The first-order chi connectivity index (χ1) is 14.6. The molecule has 2 unspecified atom stereocenters. The first-order valence-corrected chi connectivity index (χ1v) is 10.6. The van der Waals surface area contributed by atoms with Crippen LogP contribution in [0.25, 0.3) is 11.0 Å². The molecule has 0 amide bonds. The predicted octanol–water partition coefficient (Wildman–Crippen LogP) is 2.99. The van der Waals surface area contributed by atoms with Crippen LogP contribution in [-0.4, -0.2) is 50.7 Å². The van der Waals surface area contributed by atoms with E-state index >= 15 is 0 Å². The zero-order valence-electron chi connectivity index (χ0n) is 16.3. The monoisotopic (exact) mass is 429 g/mol. The van der Waals surface area contributed by atoms with E-state index in [9.17, 15) is 9.50 Å². The van der Waals surface area contributed by atoms with Crippen LogP contribution >= 0.6 is 11.6 Å². The van der Waals surface area contributed by atoms with E-state index in [-0.39, 0.29) is 35.5 Å². The normalized spacial score (nSPS) is 24.6. The summed E-state index contributed by atoms with van der Waals surface area (Å²) in [4.78, 5) is 11.1. The number of halogens is 2. The zero-order valence-corrected chi connectivity index (χ0v) is 17.0. The summed E-state index contributed by atoms with van der Waals surface area (Å²) in [5, 5.41) is 14.8. The predicted molar refractivity (Wildman–Crippen MR) is 109 cm³/mol. The first kappa shape index (κ1) is 18.5. The summed E-state index contributed by atoms with van der Waals surface area (Å²) < 4.78 is 21.5. The van der Waals surface area contributed by atoms with Crippen LogP contribution in [0.1, 0.15) is 36.6 Å². The molecule has 1 N–H and O–H groups in total. The lowest BCUT2D eigenvalue weighted by atomic mass is 9.74. The van der Waals surface area contributed by atoms with Crippen molar-refractivity contribution in [3.8, 4) is 0 Å². The third-order valence-corrected chi connectivity index (χ3v) is 6.94. The molecule has 2 saturated heterocycles. The third-order valence-electron chi connectivity index (χ3n) is 6.77. The van der Waals surface area contributed by atoms with E-state index in [1.54, 1.807) is 23.0 Å². The summed E-state index contributed by atoms with van der Waals surface area (Å²) in [5.41, 5.74) is 2.97. The Morgan fingerprint density at radius 3 is 2.93 bits per heavy atom. The summed E-state index contributed by atoms with van der Waals surface area (Å²) in [6.07, 6.45) is 4.83. The number of rotatable bonds is 3. The Hall–Kier alpha value is -2.29. The molecule has 7 nitrogen and oxygen atoms in total. The van der Waals surface area contributed by atoms with Gasteiger partial charge in [-0.2, -0.15) is 15.1 Å². The quantitative estimate of drug-likeness (QED) is 0.645. The number of fused-ring (bicyclic) bond motifs is 3. The summed E-state index contributed by atoms with van der Waals surface area (Å²) in [6, 6.07) is 5.14. The Kier molecular flexibility index (Phi) is 4.07. The fourth-order valence-corrected chi connectivity index (χ4v) is 5.43. The van der Waals surface area contributed by atoms with E-state index < -0.39 is 0 Å². The van der Waals surface area contributed by atoms with Crippen molar-refractivity contribution in [3.05, 3.63) is 46.6 Å². The molecule has 30 heavy (non-hydrogen) atoms. The van der Waals surface area contributed by atoms with Gasteiger partial charge in [0, 0.05) is 18.5 Å². The molecule has 9 heteroatoms. The number of hydrogen-bond acceptors (Lipinski definition) is 6. The van der Waals surface area contributed by atoms with Crippen LogP contribution in [0.3, 0.4) is 0 Å². The van der Waals surface area contributed by atoms with E-state index in [2.05, 4.69) is 20.0 Å². The molecule has 2 fully saturated rings. The third kappa shape index (κ3) is 2.67. The molecule has 6 rings (SSSR count). The second kappa shape index (κ2) is 6.60. The Labute approximate surface area is 177 Å². The number of aromatic nitrogens is 4. The van der Waals surface area contributed by atoms with E-state index in [1.165, 1.54) is 5.56 Å². The van der Waals surface area contributed by atoms with E-state index in [0.29, 0.717) is 5.65 Å². The van der Waals surface area contributed by atoms with Crippen molar-refractivity contribution >= 4 is 28.5 Å². The molecule has 1 aromatic carbocycles. The Morgan fingerprint density at radius 2 is 2.13 bits per heavy atom. The van der Waals surface area contributed by atoms with Gasteiger partial charge in [0.2, 0.25) is 5.28 Å². The second-order valence-electron chi connectivity index (χ2n) is 8.55. The van der Waals surface area contributed by atoms with Crippen molar-refractivity contribution in [2.75, 3.05) is 24.6 Å². The van der Waals surface area contributed by atoms with Gasteiger partial charge in [0.1, 0.15) is 11.6 Å². The number of nitrogens with zero attached hydrogens (tertiary/aromatic N) is 5. The van der Waals surface area contributed by atoms with Crippen molar-refractivity contribution in [1.82, 2.24) is 19.7 Å². The molecule has 0 saturated carbocycles. The molecule has 2 atom stereocenters. The van der Waals surface area contributed by atoms with Crippen molar-refractivity contribution in [2.45, 2.75) is 43.4 Å². The summed E-state index contributed by atoms with van der Waals surface area (Å²) >= 11 is 6.27. The minimum absolute atomic E-state index is 0.00534. The molecule has 2 aliphatic heterocycles. The lowest BCUT2D eigenvalue weighted by Crippen LogP contribution is -2.58. The van der Waals surface area contributed by atoms with E-state index in [1.807, 2.05) is 6.07 Å². The lowest BCUT2D eigenvalue weighted by Gasteiger charge is -2.49. The van der Waals surface area contributed by atoms with Gasteiger partial charge in [-0.3, -0.25) is 0 Å². The molecule has 4 heterocycles. The molecular formula is C21H21ClFN5O2. The smallest absolute Gasteiger partial charge is 0.226 e. The number of aliphatic hydroxyl groups excluding tert-OH is 1. The molecule has 3 aromatic rings. The molecule has 2 aromatic heterocycles. The molecule has 0 radical (unpaired) electrons. The van der Waals surface area contributed by atoms with Gasteiger partial charge < -0.3 is 14.7 Å². The Morgan fingerprint density at radius 1 is 1.27 bits per heavy atom. The number of ether oxygens (including phenoxy) is 1. The SMILES string of the molecule is OCC1CCC(n2ncc3c(N4CC5(CCc6ccc(F)cc65)C4)nc(Cl)nc32)O1. The molecule has 0 bridgehead atoms. The standard InChI is InChI=1S/C21H21ClFN5O2/c22-20-25-18(15-8-24-28(19(15)26-20)17-4-3-14(9-29)30-17)27-10-21(11-27)6-5-12-1-2-13(23)7-16(12)21/h1-2,7-8,14,17,29H,3-6,9-11H2. The van der Waals surface area contributed by atoms with Gasteiger partial charge >= 0.3 is 0 Å². The minimum Gasteiger partial charge on any atom is -0.394 e. The highest BCUT2D eigenvalue weighted by molar-refractivity contribution is 6.28. The highest BCUT2D eigenvalue weighted by atomic mass is 35.5. The van der Waals surface area contributed by atoms with Gasteiger partial charge in [-0.25, -0.2) is 9.07 Å². The lowest BCUT2D eigenvalue weighted by molar-refractivity contribution is -0.0262. The average Bonchev–Trinajstić information content (AvgIpc) is 3.42. The maximum Gasteiger partial charge on any atom is 0.226 e. The highest BCUT2D eigenvalue weighted by Crippen LogP contribution is 2.48. The maximum absolute atomic E-state index is 13.9. The number of anilines is 1. The minimum atomic E-state index is -0.272.